The first-order valence-corrected chi connectivity index (χ1v) is 6.21. The van der Waals surface area contributed by atoms with Crippen molar-refractivity contribution in [3.8, 4) is 5.88 Å². The van der Waals surface area contributed by atoms with Crippen molar-refractivity contribution in [3.05, 3.63) is 54.7 Å². The molecule has 2 aromatic heterocycles. The molecule has 0 aliphatic rings. The van der Waals surface area contributed by atoms with E-state index in [1.54, 1.807) is 13.3 Å². The molecule has 0 unspecified atom stereocenters. The third kappa shape index (κ3) is 1.30. The number of rotatable bonds is 1. The summed E-state index contributed by atoms with van der Waals surface area (Å²) in [4.78, 5) is 4.51. The Morgan fingerprint density at radius 1 is 0.895 bits per heavy atom. The largest absolute Gasteiger partial charge is 0.481 e. The summed E-state index contributed by atoms with van der Waals surface area (Å²) in [6.07, 6.45) is 1.77. The summed E-state index contributed by atoms with van der Waals surface area (Å²) in [6.45, 7) is 0. The molecule has 0 aliphatic carbocycles. The molecule has 0 saturated heterocycles. The van der Waals surface area contributed by atoms with Crippen LogP contribution in [0.15, 0.2) is 54.7 Å². The summed E-state index contributed by atoms with van der Waals surface area (Å²) in [7, 11) is 1.67. The van der Waals surface area contributed by atoms with Crippen LogP contribution in [0.3, 0.4) is 0 Å². The maximum Gasteiger partial charge on any atom is 0.218 e. The van der Waals surface area contributed by atoms with Gasteiger partial charge in [0.2, 0.25) is 5.88 Å². The minimum Gasteiger partial charge on any atom is -0.481 e. The monoisotopic (exact) mass is 248 g/mol. The molecule has 2 aromatic carbocycles. The third-order valence-electron chi connectivity index (χ3n) is 3.54. The van der Waals surface area contributed by atoms with Crippen LogP contribution in [-0.2, 0) is 0 Å². The van der Waals surface area contributed by atoms with E-state index in [-0.39, 0.29) is 0 Å². The van der Waals surface area contributed by atoms with Crippen molar-refractivity contribution in [2.45, 2.75) is 0 Å². The number of ether oxygens (including phenoxy) is 1. The zero-order chi connectivity index (χ0) is 12.8. The maximum absolute atomic E-state index is 5.42. The predicted molar refractivity (Wildman–Crippen MR) is 76.8 cm³/mol. The van der Waals surface area contributed by atoms with Crippen molar-refractivity contribution in [1.29, 1.82) is 0 Å². The van der Waals surface area contributed by atoms with Crippen LogP contribution >= 0.6 is 0 Å². The smallest absolute Gasteiger partial charge is 0.218 e. The SMILES string of the molecule is COc1cnc2c3ccccc3c3ccccc3n12. The quantitative estimate of drug-likeness (QED) is 0.481. The molecule has 4 aromatic rings. The standard InChI is InChI=1S/C16H12N2O/c1-19-15-10-17-16-13-8-3-2-6-11(13)12-7-4-5-9-14(12)18(15)16/h2-10H,1H3. The lowest BCUT2D eigenvalue weighted by Crippen LogP contribution is -1.94. The van der Waals surface area contributed by atoms with Gasteiger partial charge in [-0.25, -0.2) is 4.98 Å². The van der Waals surface area contributed by atoms with E-state index in [1.807, 2.05) is 12.1 Å². The molecular formula is C16H12N2O. The summed E-state index contributed by atoms with van der Waals surface area (Å²) < 4.78 is 7.49. The summed E-state index contributed by atoms with van der Waals surface area (Å²) in [6, 6.07) is 16.7. The fourth-order valence-corrected chi connectivity index (χ4v) is 2.71. The Labute approximate surface area is 110 Å². The first-order valence-electron chi connectivity index (χ1n) is 6.21. The highest BCUT2D eigenvalue weighted by Gasteiger charge is 2.12. The Hall–Kier alpha value is -2.55. The van der Waals surface area contributed by atoms with Crippen LogP contribution in [0.1, 0.15) is 0 Å². The van der Waals surface area contributed by atoms with Crippen LogP contribution in [0.2, 0.25) is 0 Å². The highest BCUT2D eigenvalue weighted by molar-refractivity contribution is 6.11. The number of nitrogens with zero attached hydrogens (tertiary/aromatic N) is 2. The predicted octanol–water partition coefficient (Wildman–Crippen LogP) is 3.65. The Kier molecular flexibility index (Phi) is 2.03. The van der Waals surface area contributed by atoms with Gasteiger partial charge >= 0.3 is 0 Å². The van der Waals surface area contributed by atoms with Gasteiger partial charge in [0.25, 0.3) is 0 Å². The molecule has 0 N–H and O–H groups in total. The molecular weight excluding hydrogens is 236 g/mol. The zero-order valence-corrected chi connectivity index (χ0v) is 10.5. The van der Waals surface area contributed by atoms with Gasteiger partial charge in [-0.15, -0.1) is 0 Å². The number of para-hydroxylation sites is 1. The van der Waals surface area contributed by atoms with E-state index >= 15 is 0 Å². The normalized spacial score (nSPS) is 11.4. The van der Waals surface area contributed by atoms with Crippen molar-refractivity contribution < 1.29 is 4.74 Å². The number of hydrogen-bond donors (Lipinski definition) is 0. The second-order valence-corrected chi connectivity index (χ2v) is 4.52. The van der Waals surface area contributed by atoms with Crippen LogP contribution in [0, 0.1) is 0 Å². The number of benzene rings is 2. The summed E-state index contributed by atoms with van der Waals surface area (Å²) >= 11 is 0. The molecule has 0 saturated carbocycles. The zero-order valence-electron chi connectivity index (χ0n) is 10.5. The van der Waals surface area contributed by atoms with Crippen molar-refractivity contribution in [2.24, 2.45) is 0 Å². The highest BCUT2D eigenvalue weighted by Crippen LogP contribution is 2.31. The lowest BCUT2D eigenvalue weighted by atomic mass is 10.1. The summed E-state index contributed by atoms with van der Waals surface area (Å²) in [5.74, 6) is 0.761. The molecule has 3 nitrogen and oxygen atoms in total. The molecule has 2 heterocycles. The molecule has 0 atom stereocenters. The molecule has 92 valence electrons. The molecule has 3 heteroatoms. The number of pyridine rings is 1. The van der Waals surface area contributed by atoms with Crippen molar-refractivity contribution in [1.82, 2.24) is 9.38 Å². The number of aromatic nitrogens is 2. The Balaban J connectivity index is 2.41. The molecule has 0 aliphatic heterocycles. The molecule has 0 spiro atoms. The van der Waals surface area contributed by atoms with Gasteiger partial charge < -0.3 is 4.74 Å². The minimum atomic E-state index is 0.761. The Morgan fingerprint density at radius 3 is 2.37 bits per heavy atom. The molecule has 0 bridgehead atoms. The van der Waals surface area contributed by atoms with Gasteiger partial charge in [-0.3, -0.25) is 4.40 Å². The fourth-order valence-electron chi connectivity index (χ4n) is 2.71. The number of methoxy groups -OCH3 is 1. The van der Waals surface area contributed by atoms with E-state index in [0.29, 0.717) is 0 Å². The van der Waals surface area contributed by atoms with E-state index in [9.17, 15) is 0 Å². The molecule has 0 amide bonds. The summed E-state index contributed by atoms with van der Waals surface area (Å²) in [5, 5.41) is 3.57. The highest BCUT2D eigenvalue weighted by atomic mass is 16.5. The minimum absolute atomic E-state index is 0.761. The topological polar surface area (TPSA) is 26.5 Å². The number of fused-ring (bicyclic) bond motifs is 6. The van der Waals surface area contributed by atoms with Crippen LogP contribution in [-0.4, -0.2) is 16.5 Å². The van der Waals surface area contributed by atoms with Gasteiger partial charge in [-0.2, -0.15) is 0 Å². The van der Waals surface area contributed by atoms with E-state index in [1.165, 1.54) is 10.8 Å². The van der Waals surface area contributed by atoms with Crippen LogP contribution in [0.4, 0.5) is 0 Å². The maximum atomic E-state index is 5.42. The van der Waals surface area contributed by atoms with Crippen molar-refractivity contribution in [3.63, 3.8) is 0 Å². The van der Waals surface area contributed by atoms with Gasteiger partial charge in [-0.05, 0) is 11.5 Å². The first kappa shape index (κ1) is 10.4. The molecule has 0 radical (unpaired) electrons. The molecule has 4 rings (SSSR count). The second-order valence-electron chi connectivity index (χ2n) is 4.52. The Bertz CT molecular complexity index is 908. The number of hydrogen-bond acceptors (Lipinski definition) is 2. The average molecular weight is 248 g/mol. The first-order chi connectivity index (χ1) is 9.40. The summed E-state index contributed by atoms with van der Waals surface area (Å²) in [5.41, 5.74) is 2.05. The lowest BCUT2D eigenvalue weighted by Gasteiger charge is -2.09. The van der Waals surface area contributed by atoms with Crippen molar-refractivity contribution >= 4 is 27.3 Å². The van der Waals surface area contributed by atoms with Crippen LogP contribution in [0.25, 0.3) is 27.3 Å². The van der Waals surface area contributed by atoms with E-state index < -0.39 is 0 Å². The third-order valence-corrected chi connectivity index (χ3v) is 3.54. The molecule has 19 heavy (non-hydrogen) atoms. The number of imidazole rings is 1. The van der Waals surface area contributed by atoms with E-state index in [4.69, 9.17) is 4.74 Å². The fraction of sp³-hybridized carbons (Fsp3) is 0.0625. The van der Waals surface area contributed by atoms with Crippen LogP contribution < -0.4 is 4.74 Å². The lowest BCUT2D eigenvalue weighted by molar-refractivity contribution is 0.396. The van der Waals surface area contributed by atoms with Gasteiger partial charge in [0, 0.05) is 10.8 Å². The average Bonchev–Trinajstić information content (AvgIpc) is 2.92. The van der Waals surface area contributed by atoms with E-state index in [2.05, 4.69) is 45.8 Å². The molecule has 0 fully saturated rings. The van der Waals surface area contributed by atoms with Crippen molar-refractivity contribution in [2.75, 3.05) is 7.11 Å². The van der Waals surface area contributed by atoms with Gasteiger partial charge in [0.1, 0.15) is 5.65 Å². The second kappa shape index (κ2) is 3.72. The van der Waals surface area contributed by atoms with E-state index in [0.717, 1.165) is 22.4 Å². The van der Waals surface area contributed by atoms with Gasteiger partial charge in [0.05, 0.1) is 18.8 Å². The van der Waals surface area contributed by atoms with Gasteiger partial charge in [-0.1, -0.05) is 42.5 Å². The van der Waals surface area contributed by atoms with Crippen LogP contribution in [0.5, 0.6) is 5.88 Å². The van der Waals surface area contributed by atoms with Gasteiger partial charge in [0.15, 0.2) is 0 Å². The Morgan fingerprint density at radius 2 is 1.58 bits per heavy atom.